The molecule has 0 radical (unpaired) electrons. The Morgan fingerprint density at radius 3 is 1.35 bits per heavy atom. The maximum atomic E-state index is 12.8. The van der Waals surface area contributed by atoms with Gasteiger partial charge in [-0.25, -0.2) is 0 Å². The summed E-state index contributed by atoms with van der Waals surface area (Å²) < 4.78 is 34.8. The van der Waals surface area contributed by atoms with Crippen LogP contribution in [0.5, 0.6) is 0 Å². The van der Waals surface area contributed by atoms with Crippen LogP contribution in [0.3, 0.4) is 0 Å². The number of carbonyl (C=O) groups is 1. The number of hydrogen-bond donors (Lipinski definition) is 0. The van der Waals surface area contributed by atoms with E-state index in [1.54, 1.807) is 0 Å². The molecule has 0 spiro atoms. The van der Waals surface area contributed by atoms with Gasteiger partial charge in [0.1, 0.15) is 19.3 Å². The van der Waals surface area contributed by atoms with Crippen LogP contribution in [0.15, 0.2) is 72.9 Å². The van der Waals surface area contributed by atoms with Crippen LogP contribution in [-0.2, 0) is 27.9 Å². The van der Waals surface area contributed by atoms with E-state index in [4.69, 9.17) is 18.5 Å². The lowest BCUT2D eigenvalue weighted by Crippen LogP contribution is -2.37. The fourth-order valence-electron chi connectivity index (χ4n) is 7.16. The molecule has 0 fully saturated rings. The number of phosphoric acid groups is 1. The van der Waals surface area contributed by atoms with Gasteiger partial charge in [0.25, 0.3) is 7.82 Å². The molecule has 65 heavy (non-hydrogen) atoms. The lowest BCUT2D eigenvalue weighted by Gasteiger charge is -2.28. The van der Waals surface area contributed by atoms with E-state index in [1.165, 1.54) is 128 Å². The smallest absolute Gasteiger partial charge is 0.306 e. The molecule has 0 N–H and O–H groups in total. The second-order valence-electron chi connectivity index (χ2n) is 18.9. The highest BCUT2D eigenvalue weighted by Crippen LogP contribution is 2.38. The number of esters is 1. The molecule has 8 nitrogen and oxygen atoms in total. The van der Waals surface area contributed by atoms with Crippen LogP contribution in [0, 0.1) is 0 Å². The van der Waals surface area contributed by atoms with E-state index in [2.05, 4.69) is 86.8 Å². The highest BCUT2D eigenvalue weighted by atomic mass is 31.2. The fraction of sp³-hybridized carbons (Fsp3) is 0.768. The Hall–Kier alpha value is -2.06. The Kier molecular flexibility index (Phi) is 46.9. The second kappa shape index (κ2) is 48.4. The van der Waals surface area contributed by atoms with Crippen molar-refractivity contribution in [2.45, 2.75) is 225 Å². The summed E-state index contributed by atoms with van der Waals surface area (Å²) >= 11 is 0. The Labute approximate surface area is 402 Å². The Bertz CT molecular complexity index is 1270. The van der Waals surface area contributed by atoms with Gasteiger partial charge in [0.2, 0.25) is 0 Å². The first-order valence-corrected chi connectivity index (χ1v) is 28.1. The number of ether oxygens (including phenoxy) is 2. The number of nitrogens with zero attached hydrogens (tertiary/aromatic N) is 1. The number of allylic oxidation sites excluding steroid dienone is 12. The van der Waals surface area contributed by atoms with Crippen molar-refractivity contribution in [1.82, 2.24) is 0 Å². The molecule has 0 saturated heterocycles. The van der Waals surface area contributed by atoms with Crippen molar-refractivity contribution >= 4 is 13.8 Å². The van der Waals surface area contributed by atoms with Gasteiger partial charge in [-0.05, 0) is 83.5 Å². The molecule has 0 rings (SSSR count). The zero-order chi connectivity index (χ0) is 47.6. The first-order chi connectivity index (χ1) is 31.6. The second-order valence-corrected chi connectivity index (χ2v) is 20.3. The van der Waals surface area contributed by atoms with Crippen LogP contribution in [-0.4, -0.2) is 70.7 Å². The number of hydrogen-bond acceptors (Lipinski definition) is 7. The molecule has 0 aromatic heterocycles. The molecule has 0 aliphatic rings. The Morgan fingerprint density at radius 2 is 0.892 bits per heavy atom. The summed E-state index contributed by atoms with van der Waals surface area (Å²) in [5, 5.41) is 0. The number of carbonyl (C=O) groups excluding carboxylic acids is 1. The van der Waals surface area contributed by atoms with Crippen LogP contribution in [0.4, 0.5) is 0 Å². The largest absolute Gasteiger partial charge is 0.756 e. The Morgan fingerprint density at radius 1 is 0.492 bits per heavy atom. The average molecular weight is 932 g/mol. The molecule has 0 heterocycles. The normalized spacial score (nSPS) is 14.1. The lowest BCUT2D eigenvalue weighted by atomic mass is 10.1. The minimum absolute atomic E-state index is 0.0212. The monoisotopic (exact) mass is 932 g/mol. The van der Waals surface area contributed by atoms with Crippen molar-refractivity contribution < 1.29 is 37.3 Å². The van der Waals surface area contributed by atoms with Crippen molar-refractivity contribution in [3.05, 3.63) is 72.9 Å². The van der Waals surface area contributed by atoms with Crippen molar-refractivity contribution in [2.24, 2.45) is 0 Å². The van der Waals surface area contributed by atoms with Crippen LogP contribution in [0.25, 0.3) is 0 Å². The number of quaternary nitrogens is 1. The van der Waals surface area contributed by atoms with Gasteiger partial charge >= 0.3 is 5.97 Å². The molecule has 0 aliphatic carbocycles. The third kappa shape index (κ3) is 52.8. The number of phosphoric ester groups is 1. The van der Waals surface area contributed by atoms with Crippen molar-refractivity contribution in [1.29, 1.82) is 0 Å². The summed E-state index contributed by atoms with van der Waals surface area (Å²) in [5.41, 5.74) is 0. The maximum Gasteiger partial charge on any atom is 0.306 e. The predicted molar refractivity (Wildman–Crippen MR) is 277 cm³/mol. The van der Waals surface area contributed by atoms with Crippen LogP contribution in [0.1, 0.15) is 219 Å². The molecular weight excluding hydrogens is 830 g/mol. The average Bonchev–Trinajstić information content (AvgIpc) is 3.27. The van der Waals surface area contributed by atoms with Crippen molar-refractivity contribution in [3.8, 4) is 0 Å². The van der Waals surface area contributed by atoms with E-state index >= 15 is 0 Å². The highest BCUT2D eigenvalue weighted by Gasteiger charge is 2.20. The third-order valence-electron chi connectivity index (χ3n) is 11.2. The quantitative estimate of drug-likeness (QED) is 0.0197. The van der Waals surface area contributed by atoms with Gasteiger partial charge in [-0.3, -0.25) is 9.36 Å². The maximum absolute atomic E-state index is 12.8. The first-order valence-electron chi connectivity index (χ1n) is 26.7. The van der Waals surface area contributed by atoms with E-state index in [1.807, 2.05) is 21.1 Å². The molecule has 9 heteroatoms. The van der Waals surface area contributed by atoms with E-state index in [0.717, 1.165) is 70.6 Å². The third-order valence-corrected chi connectivity index (χ3v) is 12.2. The summed E-state index contributed by atoms with van der Waals surface area (Å²) in [5.74, 6) is -0.340. The van der Waals surface area contributed by atoms with E-state index < -0.39 is 13.9 Å². The molecule has 0 amide bonds. The number of likely N-dealkylation sites (N-methyl/N-ethyl adjacent to an activating group) is 1. The summed E-state index contributed by atoms with van der Waals surface area (Å²) in [6.45, 7) is 5.28. The lowest BCUT2D eigenvalue weighted by molar-refractivity contribution is -0.870. The van der Waals surface area contributed by atoms with Crippen LogP contribution in [0.2, 0.25) is 0 Å². The molecular formula is C56H102NO7P. The molecule has 2 atom stereocenters. The molecule has 2 unspecified atom stereocenters. The topological polar surface area (TPSA) is 94.1 Å². The highest BCUT2D eigenvalue weighted by molar-refractivity contribution is 7.45. The molecule has 0 aliphatic heterocycles. The summed E-state index contributed by atoms with van der Waals surface area (Å²) in [7, 11) is 1.34. The van der Waals surface area contributed by atoms with Gasteiger partial charge in [-0.2, -0.15) is 0 Å². The zero-order valence-electron chi connectivity index (χ0n) is 42.9. The minimum Gasteiger partial charge on any atom is -0.756 e. The van der Waals surface area contributed by atoms with E-state index in [-0.39, 0.29) is 25.8 Å². The SMILES string of the molecule is CC/C=C\C/C=C\C/C=C\C/C=C\C/C=C\CCCCCCCCCCOCC(COP(=O)([O-])OCC[N+](C)(C)C)OC(=O)CCCCCCCCCCC/C=C\CCCCCCCC. The zero-order valence-corrected chi connectivity index (χ0v) is 43.8. The standard InChI is InChI=1S/C56H102NO7P/c1-6-8-10-12-14-16-18-20-22-24-26-27-28-29-30-32-34-36-38-40-42-44-46-48-51-61-53-55(54-63-65(59,60)62-52-50-57(3,4)5)64-56(58)49-47-45-43-41-39-37-35-33-31-25-23-21-19-17-15-13-11-9-7-2/h8,10,14,16,20-23,26-27,29-30,55H,6-7,9,11-13,15,17-19,24-25,28,31-54H2,1-5H3/b10-8-,16-14-,22-20-,23-21-,27-26-,30-29-. The van der Waals surface area contributed by atoms with E-state index in [9.17, 15) is 14.3 Å². The Balaban J connectivity index is 4.15. The summed E-state index contributed by atoms with van der Waals surface area (Å²) in [4.78, 5) is 25.2. The van der Waals surface area contributed by atoms with Gasteiger partial charge in [0.15, 0.2) is 0 Å². The van der Waals surface area contributed by atoms with Gasteiger partial charge < -0.3 is 27.9 Å². The van der Waals surface area contributed by atoms with Crippen molar-refractivity contribution in [3.63, 3.8) is 0 Å². The predicted octanol–water partition coefficient (Wildman–Crippen LogP) is 16.0. The minimum atomic E-state index is -4.54. The fourth-order valence-corrected chi connectivity index (χ4v) is 7.89. The molecule has 0 aromatic carbocycles. The van der Waals surface area contributed by atoms with Crippen LogP contribution >= 0.6 is 7.82 Å². The molecule has 0 aromatic rings. The number of unbranched alkanes of at least 4 members (excludes halogenated alkanes) is 23. The molecule has 378 valence electrons. The number of rotatable bonds is 49. The van der Waals surface area contributed by atoms with Crippen LogP contribution < -0.4 is 4.89 Å². The summed E-state index contributed by atoms with van der Waals surface area (Å²) in [6, 6.07) is 0. The summed E-state index contributed by atoms with van der Waals surface area (Å²) in [6.07, 6.45) is 63.5. The molecule has 0 saturated carbocycles. The van der Waals surface area contributed by atoms with Gasteiger partial charge in [0, 0.05) is 13.0 Å². The van der Waals surface area contributed by atoms with Gasteiger partial charge in [-0.1, -0.05) is 202 Å². The van der Waals surface area contributed by atoms with Gasteiger partial charge in [0.05, 0.1) is 34.4 Å². The molecule has 0 bridgehead atoms. The first kappa shape index (κ1) is 62.9. The van der Waals surface area contributed by atoms with Gasteiger partial charge in [-0.15, -0.1) is 0 Å². The van der Waals surface area contributed by atoms with Crippen molar-refractivity contribution in [2.75, 3.05) is 54.1 Å². The van der Waals surface area contributed by atoms with E-state index in [0.29, 0.717) is 24.1 Å².